The predicted octanol–water partition coefficient (Wildman–Crippen LogP) is 5.32. The zero-order valence-electron chi connectivity index (χ0n) is 14.1. The summed E-state index contributed by atoms with van der Waals surface area (Å²) in [5.41, 5.74) is 1.65. The van der Waals surface area contributed by atoms with Crippen LogP contribution in [0.4, 0.5) is 4.39 Å². The lowest BCUT2D eigenvalue weighted by atomic mass is 10.1. The summed E-state index contributed by atoms with van der Waals surface area (Å²) < 4.78 is 42.0. The SMILES string of the molecule is CCCCc1c(F)n(S(=O)(=O)c2ccc(C)cc2)c2ccc(Cl)cc12. The molecule has 0 aliphatic heterocycles. The molecule has 0 amide bonds. The molecule has 1 aromatic heterocycles. The Balaban J connectivity index is 2.28. The molecule has 0 saturated heterocycles. The molecule has 0 radical (unpaired) electrons. The molecule has 0 spiro atoms. The van der Waals surface area contributed by atoms with E-state index in [0.717, 1.165) is 22.4 Å². The van der Waals surface area contributed by atoms with Gasteiger partial charge in [0, 0.05) is 16.0 Å². The van der Waals surface area contributed by atoms with Crippen LogP contribution in [0.2, 0.25) is 5.02 Å². The third kappa shape index (κ3) is 3.18. The largest absolute Gasteiger partial charge is 0.270 e. The number of rotatable bonds is 5. The Morgan fingerprint density at radius 2 is 1.80 bits per heavy atom. The molecule has 0 aliphatic rings. The van der Waals surface area contributed by atoms with Gasteiger partial charge in [0.25, 0.3) is 10.0 Å². The van der Waals surface area contributed by atoms with Gasteiger partial charge in [0.1, 0.15) is 0 Å². The lowest BCUT2D eigenvalue weighted by Crippen LogP contribution is -2.15. The van der Waals surface area contributed by atoms with Crippen LogP contribution >= 0.6 is 11.6 Å². The maximum absolute atomic E-state index is 15.1. The van der Waals surface area contributed by atoms with E-state index in [2.05, 4.69) is 0 Å². The maximum atomic E-state index is 15.1. The van der Waals surface area contributed by atoms with E-state index in [-0.39, 0.29) is 4.90 Å². The van der Waals surface area contributed by atoms with Gasteiger partial charge in [0.2, 0.25) is 5.95 Å². The molecule has 0 bridgehead atoms. The molecule has 0 atom stereocenters. The Bertz CT molecular complexity index is 1020. The molecule has 3 rings (SSSR count). The molecule has 1 heterocycles. The van der Waals surface area contributed by atoms with E-state index in [1.165, 1.54) is 12.1 Å². The van der Waals surface area contributed by atoms with Gasteiger partial charge in [-0.3, -0.25) is 0 Å². The molecule has 132 valence electrons. The Morgan fingerprint density at radius 3 is 2.44 bits per heavy atom. The summed E-state index contributed by atoms with van der Waals surface area (Å²) in [5.74, 6) is -0.730. The van der Waals surface area contributed by atoms with Crippen molar-refractivity contribution in [2.24, 2.45) is 0 Å². The van der Waals surface area contributed by atoms with E-state index in [9.17, 15) is 8.42 Å². The van der Waals surface area contributed by atoms with Crippen molar-refractivity contribution in [1.29, 1.82) is 0 Å². The van der Waals surface area contributed by atoms with Gasteiger partial charge < -0.3 is 0 Å². The van der Waals surface area contributed by atoms with Crippen molar-refractivity contribution >= 4 is 32.5 Å². The average Bonchev–Trinajstić information content (AvgIpc) is 2.85. The predicted molar refractivity (Wildman–Crippen MR) is 99.3 cm³/mol. The van der Waals surface area contributed by atoms with Crippen molar-refractivity contribution < 1.29 is 12.8 Å². The molecule has 0 fully saturated rings. The number of hydrogen-bond acceptors (Lipinski definition) is 2. The van der Waals surface area contributed by atoms with Crippen molar-refractivity contribution in [2.75, 3.05) is 0 Å². The van der Waals surface area contributed by atoms with Crippen LogP contribution in [0.1, 0.15) is 30.9 Å². The Labute approximate surface area is 152 Å². The summed E-state index contributed by atoms with van der Waals surface area (Å²) in [5, 5.41) is 1.00. The molecule has 0 N–H and O–H groups in total. The van der Waals surface area contributed by atoms with Gasteiger partial charge in [-0.15, -0.1) is 0 Å². The van der Waals surface area contributed by atoms with Crippen LogP contribution in [0.3, 0.4) is 0 Å². The van der Waals surface area contributed by atoms with Crippen LogP contribution in [0.15, 0.2) is 47.4 Å². The van der Waals surface area contributed by atoms with Crippen LogP contribution in [0.25, 0.3) is 10.9 Å². The van der Waals surface area contributed by atoms with Crippen LogP contribution in [0.5, 0.6) is 0 Å². The van der Waals surface area contributed by atoms with Crippen molar-refractivity contribution in [3.05, 3.63) is 64.6 Å². The quantitative estimate of drug-likeness (QED) is 0.601. The minimum absolute atomic E-state index is 0.0610. The van der Waals surface area contributed by atoms with Crippen LogP contribution in [0, 0.1) is 12.9 Å². The van der Waals surface area contributed by atoms with Gasteiger partial charge in [-0.05, 0) is 50.1 Å². The number of fused-ring (bicyclic) bond motifs is 1. The third-order valence-corrected chi connectivity index (χ3v) is 6.21. The molecule has 0 aliphatic carbocycles. The zero-order valence-corrected chi connectivity index (χ0v) is 15.7. The number of hydrogen-bond donors (Lipinski definition) is 0. The van der Waals surface area contributed by atoms with E-state index < -0.39 is 16.0 Å². The Hall–Kier alpha value is -1.85. The number of aryl methyl sites for hydroxylation is 2. The van der Waals surface area contributed by atoms with Gasteiger partial charge in [0.15, 0.2) is 0 Å². The second kappa shape index (κ2) is 6.81. The lowest BCUT2D eigenvalue weighted by Gasteiger charge is -2.09. The first-order chi connectivity index (χ1) is 11.9. The van der Waals surface area contributed by atoms with Gasteiger partial charge in [0.05, 0.1) is 10.4 Å². The van der Waals surface area contributed by atoms with E-state index in [0.29, 0.717) is 27.9 Å². The molecule has 3 nitrogen and oxygen atoms in total. The molecular weight excluding hydrogens is 361 g/mol. The van der Waals surface area contributed by atoms with Crippen molar-refractivity contribution in [1.82, 2.24) is 3.97 Å². The standard InChI is InChI=1S/C19H19ClFNO2S/c1-3-4-5-16-17-12-14(20)8-11-18(17)22(19(16)21)25(23,24)15-9-6-13(2)7-10-15/h6-12H,3-5H2,1-2H3. The highest BCUT2D eigenvalue weighted by molar-refractivity contribution is 7.90. The Morgan fingerprint density at radius 1 is 1.12 bits per heavy atom. The highest BCUT2D eigenvalue weighted by Crippen LogP contribution is 2.32. The maximum Gasteiger partial charge on any atom is 0.270 e. The fourth-order valence-electron chi connectivity index (χ4n) is 2.91. The summed E-state index contributed by atoms with van der Waals surface area (Å²) in [6, 6.07) is 11.2. The molecule has 25 heavy (non-hydrogen) atoms. The molecule has 0 unspecified atom stereocenters. The lowest BCUT2D eigenvalue weighted by molar-refractivity contribution is 0.535. The number of benzene rings is 2. The van der Waals surface area contributed by atoms with Crippen LogP contribution in [-0.2, 0) is 16.4 Å². The van der Waals surface area contributed by atoms with Gasteiger partial charge in [-0.2, -0.15) is 4.39 Å². The van der Waals surface area contributed by atoms with Crippen molar-refractivity contribution in [3.8, 4) is 0 Å². The topological polar surface area (TPSA) is 39.1 Å². The average molecular weight is 380 g/mol. The fourth-order valence-corrected chi connectivity index (χ4v) is 4.51. The first-order valence-corrected chi connectivity index (χ1v) is 9.98. The van der Waals surface area contributed by atoms with Crippen molar-refractivity contribution in [2.45, 2.75) is 38.0 Å². The van der Waals surface area contributed by atoms with Gasteiger partial charge in [-0.25, -0.2) is 12.4 Å². The Kier molecular flexibility index (Phi) is 4.89. The second-order valence-electron chi connectivity index (χ2n) is 6.12. The second-order valence-corrected chi connectivity index (χ2v) is 8.34. The van der Waals surface area contributed by atoms with E-state index in [1.807, 2.05) is 13.8 Å². The number of unbranched alkanes of at least 4 members (excludes halogenated alkanes) is 1. The van der Waals surface area contributed by atoms with Crippen LogP contribution < -0.4 is 0 Å². The summed E-state index contributed by atoms with van der Waals surface area (Å²) in [7, 11) is -4.03. The molecule has 6 heteroatoms. The van der Waals surface area contributed by atoms with E-state index in [4.69, 9.17) is 11.6 Å². The molecular formula is C19H19ClFNO2S. The zero-order chi connectivity index (χ0) is 18.2. The summed E-state index contributed by atoms with van der Waals surface area (Å²) in [6.07, 6.45) is 2.13. The normalized spacial score (nSPS) is 12.0. The molecule has 0 saturated carbocycles. The summed E-state index contributed by atoms with van der Waals surface area (Å²) in [6.45, 7) is 3.88. The minimum atomic E-state index is -4.03. The molecule has 3 aromatic rings. The van der Waals surface area contributed by atoms with E-state index in [1.54, 1.807) is 30.3 Å². The monoisotopic (exact) mass is 379 g/mol. The van der Waals surface area contributed by atoms with Crippen molar-refractivity contribution in [3.63, 3.8) is 0 Å². The number of aromatic nitrogens is 1. The minimum Gasteiger partial charge on any atom is -0.208 e. The summed E-state index contributed by atoms with van der Waals surface area (Å²) in [4.78, 5) is 0.0610. The highest BCUT2D eigenvalue weighted by atomic mass is 35.5. The number of halogens is 2. The fraction of sp³-hybridized carbons (Fsp3) is 0.263. The first kappa shape index (κ1) is 18.0. The van der Waals surface area contributed by atoms with Gasteiger partial charge >= 0.3 is 0 Å². The van der Waals surface area contributed by atoms with Gasteiger partial charge in [-0.1, -0.05) is 42.6 Å². The summed E-state index contributed by atoms with van der Waals surface area (Å²) >= 11 is 6.05. The first-order valence-electron chi connectivity index (χ1n) is 8.17. The molecule has 2 aromatic carbocycles. The van der Waals surface area contributed by atoms with E-state index >= 15 is 4.39 Å². The smallest absolute Gasteiger partial charge is 0.208 e. The third-order valence-electron chi connectivity index (χ3n) is 4.27. The van der Waals surface area contributed by atoms with Crippen LogP contribution in [-0.4, -0.2) is 12.4 Å². The number of nitrogens with zero attached hydrogens (tertiary/aromatic N) is 1. The highest BCUT2D eigenvalue weighted by Gasteiger charge is 2.27.